The highest BCUT2D eigenvalue weighted by Crippen LogP contribution is 2.39. The fourth-order valence-corrected chi connectivity index (χ4v) is 5.41. The Morgan fingerprint density at radius 1 is 1.24 bits per heavy atom. The van der Waals surface area contributed by atoms with Crippen LogP contribution in [0, 0.1) is 0 Å². The van der Waals surface area contributed by atoms with Crippen molar-refractivity contribution in [3.05, 3.63) is 58.8 Å². The Labute approximate surface area is 212 Å². The van der Waals surface area contributed by atoms with Crippen molar-refractivity contribution in [2.24, 2.45) is 4.99 Å². The van der Waals surface area contributed by atoms with E-state index in [2.05, 4.69) is 51.7 Å². The molecule has 3 aromatic rings. The van der Waals surface area contributed by atoms with Crippen LogP contribution in [-0.4, -0.2) is 37.2 Å². The fourth-order valence-electron chi connectivity index (χ4n) is 4.29. The average molecular weight is 576 g/mol. The lowest BCUT2D eigenvalue weighted by Gasteiger charge is -2.29. The number of halogens is 2. The topological polar surface area (TPSA) is 69.4 Å². The smallest absolute Gasteiger partial charge is 0.291 e. The summed E-state index contributed by atoms with van der Waals surface area (Å²) in [6.07, 6.45) is 9.83. The molecule has 0 amide bonds. The summed E-state index contributed by atoms with van der Waals surface area (Å²) in [4.78, 5) is 19.9. The van der Waals surface area contributed by atoms with Crippen molar-refractivity contribution in [2.75, 3.05) is 0 Å². The van der Waals surface area contributed by atoms with Gasteiger partial charge in [0.1, 0.15) is 36.2 Å². The first-order chi connectivity index (χ1) is 16.5. The molecule has 4 rings (SSSR count). The van der Waals surface area contributed by atoms with Crippen molar-refractivity contribution in [1.29, 1.82) is 0 Å². The highest BCUT2D eigenvalue weighted by molar-refractivity contribution is 14.1. The highest BCUT2D eigenvalue weighted by atomic mass is 127. The molecule has 6 nitrogen and oxygen atoms in total. The Bertz CT molecular complexity index is 1170. The molecule has 2 aromatic carbocycles. The van der Waals surface area contributed by atoms with Gasteiger partial charge in [0.05, 0.1) is 6.54 Å². The van der Waals surface area contributed by atoms with E-state index < -0.39 is 6.17 Å². The van der Waals surface area contributed by atoms with Gasteiger partial charge in [-0.1, -0.05) is 60.6 Å². The number of benzene rings is 2. The van der Waals surface area contributed by atoms with Gasteiger partial charge >= 0.3 is 0 Å². The number of hydrogen-bond acceptors (Lipinski definition) is 5. The van der Waals surface area contributed by atoms with E-state index in [0.717, 1.165) is 47.7 Å². The van der Waals surface area contributed by atoms with E-state index in [1.54, 1.807) is 4.68 Å². The maximum Gasteiger partial charge on any atom is 0.291 e. The number of aliphatic imine (C=N–C) groups is 1. The molecule has 1 heterocycles. The van der Waals surface area contributed by atoms with E-state index in [0.29, 0.717) is 25.1 Å². The lowest BCUT2D eigenvalue weighted by atomic mass is 9.96. The maximum absolute atomic E-state index is 14.2. The summed E-state index contributed by atoms with van der Waals surface area (Å²) in [5.41, 5.74) is 1.44. The molecular formula is C26H30FIN4O2. The zero-order valence-electron chi connectivity index (χ0n) is 19.4. The third-order valence-corrected chi connectivity index (χ3v) is 7.02. The number of hydrogen-bond donors (Lipinski definition) is 0. The standard InChI is InChI=1S/C26H30FIN4O2/c1-2-3-4-5-10-29-26-23-11-18(16-32-17-30-25(33)15-31-32)6-7-19(23)8-9-24(26)34-22-13-20(27)12-21(28)14-22/h6-11,15,17,20-22H,2-5,12-14,16H2,1H3. The van der Waals surface area contributed by atoms with Crippen molar-refractivity contribution >= 4 is 45.3 Å². The second kappa shape index (κ2) is 11.9. The van der Waals surface area contributed by atoms with E-state index in [1.807, 2.05) is 24.4 Å². The molecule has 1 aliphatic rings. The number of ether oxygens (including phenoxy) is 1. The molecule has 3 unspecified atom stereocenters. The molecule has 0 aliphatic heterocycles. The van der Waals surface area contributed by atoms with Crippen LogP contribution < -0.4 is 10.3 Å². The van der Waals surface area contributed by atoms with Crippen LogP contribution in [0.4, 0.5) is 10.1 Å². The van der Waals surface area contributed by atoms with Crippen LogP contribution in [0.1, 0.15) is 57.4 Å². The predicted octanol–water partition coefficient (Wildman–Crippen LogP) is 6.20. The molecule has 0 saturated heterocycles. The van der Waals surface area contributed by atoms with Crippen LogP contribution in [0.5, 0.6) is 5.75 Å². The molecule has 34 heavy (non-hydrogen) atoms. The van der Waals surface area contributed by atoms with Crippen molar-refractivity contribution < 1.29 is 9.13 Å². The van der Waals surface area contributed by atoms with Gasteiger partial charge in [0.2, 0.25) is 0 Å². The summed E-state index contributed by atoms with van der Waals surface area (Å²) < 4.78 is 22.5. The first kappa shape index (κ1) is 24.8. The minimum atomic E-state index is -0.827. The molecule has 8 heteroatoms. The van der Waals surface area contributed by atoms with Gasteiger partial charge in [0.15, 0.2) is 0 Å². The number of alkyl halides is 2. The number of fused-ring (bicyclic) bond motifs is 1. The van der Waals surface area contributed by atoms with Gasteiger partial charge in [-0.15, -0.1) is 0 Å². The summed E-state index contributed by atoms with van der Waals surface area (Å²) in [7, 11) is 0. The Kier molecular flexibility index (Phi) is 8.64. The van der Waals surface area contributed by atoms with Crippen LogP contribution in [0.2, 0.25) is 0 Å². The van der Waals surface area contributed by atoms with Crippen LogP contribution >= 0.6 is 22.6 Å². The molecule has 0 radical (unpaired) electrons. The van der Waals surface area contributed by atoms with Gasteiger partial charge in [0, 0.05) is 21.9 Å². The van der Waals surface area contributed by atoms with Crippen LogP contribution in [0.3, 0.4) is 0 Å². The van der Waals surface area contributed by atoms with Crippen LogP contribution in [0.15, 0.2) is 52.6 Å². The molecule has 1 fully saturated rings. The van der Waals surface area contributed by atoms with E-state index in [-0.39, 0.29) is 15.6 Å². The molecule has 1 saturated carbocycles. The Hall–Kier alpha value is -2.36. The van der Waals surface area contributed by atoms with Gasteiger partial charge in [-0.2, -0.15) is 10.1 Å². The maximum atomic E-state index is 14.2. The third kappa shape index (κ3) is 6.61. The van der Waals surface area contributed by atoms with Gasteiger partial charge in [0.25, 0.3) is 5.56 Å². The first-order valence-corrected chi connectivity index (χ1v) is 13.2. The summed E-state index contributed by atoms with van der Waals surface area (Å²) >= 11 is 2.32. The summed E-state index contributed by atoms with van der Waals surface area (Å²) in [6, 6.07) is 10.2. The predicted molar refractivity (Wildman–Crippen MR) is 143 cm³/mol. The fraction of sp³-hybridized carbons (Fsp3) is 0.462. The van der Waals surface area contributed by atoms with Gasteiger partial charge in [-0.25, -0.2) is 9.07 Å². The van der Waals surface area contributed by atoms with Crippen molar-refractivity contribution in [3.63, 3.8) is 0 Å². The summed E-state index contributed by atoms with van der Waals surface area (Å²) in [5, 5.41) is 6.15. The molecule has 0 bridgehead atoms. The second-order valence-electron chi connectivity index (χ2n) is 8.84. The SMILES string of the molecule is CCCCCC=Nc1c(OC2CC(F)CC(I)C2)ccc2ccc(Cn3cnc(=O)cn3)cc12. The number of unbranched alkanes of at least 4 members (excludes halogenated alkanes) is 3. The zero-order chi connectivity index (χ0) is 23.9. The minimum absolute atomic E-state index is 0.156. The molecule has 0 N–H and O–H groups in total. The quantitative estimate of drug-likeness (QED) is 0.132. The summed E-state index contributed by atoms with van der Waals surface area (Å²) in [6.45, 7) is 2.67. The van der Waals surface area contributed by atoms with Gasteiger partial charge < -0.3 is 4.74 Å². The zero-order valence-corrected chi connectivity index (χ0v) is 21.5. The third-order valence-electron chi connectivity index (χ3n) is 6.00. The minimum Gasteiger partial charge on any atom is -0.488 e. The summed E-state index contributed by atoms with van der Waals surface area (Å²) in [5.74, 6) is 0.697. The first-order valence-electron chi connectivity index (χ1n) is 11.9. The number of nitrogens with zero attached hydrogens (tertiary/aromatic N) is 4. The van der Waals surface area contributed by atoms with Gasteiger partial charge in [-0.05, 0) is 48.8 Å². The van der Waals surface area contributed by atoms with E-state index in [4.69, 9.17) is 9.73 Å². The Morgan fingerprint density at radius 2 is 2.09 bits per heavy atom. The van der Waals surface area contributed by atoms with Gasteiger partial charge in [-0.3, -0.25) is 9.79 Å². The molecule has 1 aliphatic carbocycles. The Morgan fingerprint density at radius 3 is 2.85 bits per heavy atom. The number of rotatable bonds is 9. The largest absolute Gasteiger partial charge is 0.488 e. The molecule has 0 spiro atoms. The lowest BCUT2D eigenvalue weighted by Crippen LogP contribution is -2.31. The van der Waals surface area contributed by atoms with E-state index in [1.165, 1.54) is 18.9 Å². The molecule has 3 atom stereocenters. The van der Waals surface area contributed by atoms with Crippen molar-refractivity contribution in [1.82, 2.24) is 14.8 Å². The molecule has 1 aromatic heterocycles. The average Bonchev–Trinajstić information content (AvgIpc) is 2.81. The lowest BCUT2D eigenvalue weighted by molar-refractivity contribution is 0.109. The second-order valence-corrected chi connectivity index (χ2v) is 10.6. The van der Waals surface area contributed by atoms with Crippen LogP contribution in [0.25, 0.3) is 10.8 Å². The van der Waals surface area contributed by atoms with E-state index in [9.17, 15) is 9.18 Å². The normalized spacial score (nSPS) is 20.7. The Balaban J connectivity index is 1.66. The monoisotopic (exact) mass is 576 g/mol. The number of aromatic nitrogens is 3. The van der Waals surface area contributed by atoms with Crippen LogP contribution in [-0.2, 0) is 6.54 Å². The van der Waals surface area contributed by atoms with E-state index >= 15 is 0 Å². The van der Waals surface area contributed by atoms with Crippen molar-refractivity contribution in [2.45, 2.75) is 74.6 Å². The molecule has 180 valence electrons. The molecular weight excluding hydrogens is 546 g/mol. The highest BCUT2D eigenvalue weighted by Gasteiger charge is 2.29. The van der Waals surface area contributed by atoms with Crippen molar-refractivity contribution in [3.8, 4) is 5.75 Å².